The van der Waals surface area contributed by atoms with Gasteiger partial charge < -0.3 is 10.3 Å². The van der Waals surface area contributed by atoms with Crippen LogP contribution in [-0.2, 0) is 12.1 Å². The summed E-state index contributed by atoms with van der Waals surface area (Å²) < 4.78 is 2.42. The van der Waals surface area contributed by atoms with E-state index in [1.165, 1.54) is 38.5 Å². The van der Waals surface area contributed by atoms with Crippen LogP contribution in [0.5, 0.6) is 0 Å². The monoisotopic (exact) mass is 231 g/mol. The fourth-order valence-electron chi connectivity index (χ4n) is 5.11. The van der Waals surface area contributed by atoms with Crippen LogP contribution in [0.25, 0.3) is 0 Å². The summed E-state index contributed by atoms with van der Waals surface area (Å²) >= 11 is 0. The Bertz CT molecular complexity index is 399. The van der Waals surface area contributed by atoms with Gasteiger partial charge in [-0.2, -0.15) is 0 Å². The van der Waals surface area contributed by atoms with Gasteiger partial charge in [0.2, 0.25) is 0 Å². The van der Waals surface area contributed by atoms with Crippen LogP contribution in [0.15, 0.2) is 12.5 Å². The summed E-state index contributed by atoms with van der Waals surface area (Å²) in [4.78, 5) is 4.43. The molecular formula is C14H21N3. The summed E-state index contributed by atoms with van der Waals surface area (Å²) in [6.45, 7) is 0.569. The molecule has 0 spiro atoms. The number of nitrogens with two attached hydrogens (primary N) is 1. The van der Waals surface area contributed by atoms with Crippen LogP contribution in [0.2, 0.25) is 0 Å². The van der Waals surface area contributed by atoms with Gasteiger partial charge in [-0.3, -0.25) is 0 Å². The topological polar surface area (TPSA) is 43.8 Å². The summed E-state index contributed by atoms with van der Waals surface area (Å²) in [6, 6.07) is 0. The molecule has 3 nitrogen and oxygen atoms in total. The van der Waals surface area contributed by atoms with E-state index in [2.05, 4.69) is 15.7 Å². The molecule has 4 aliphatic carbocycles. The van der Waals surface area contributed by atoms with Gasteiger partial charge in [-0.15, -0.1) is 0 Å². The van der Waals surface area contributed by atoms with Crippen molar-refractivity contribution < 1.29 is 0 Å². The van der Waals surface area contributed by atoms with E-state index >= 15 is 0 Å². The largest absolute Gasteiger partial charge is 0.331 e. The predicted molar refractivity (Wildman–Crippen MR) is 66.3 cm³/mol. The van der Waals surface area contributed by atoms with E-state index in [1.807, 2.05) is 6.33 Å². The first-order valence-corrected chi connectivity index (χ1v) is 7.01. The third-order valence-corrected chi connectivity index (χ3v) is 5.40. The minimum Gasteiger partial charge on any atom is -0.331 e. The smallest absolute Gasteiger partial charge is 0.0955 e. The lowest BCUT2D eigenvalue weighted by atomic mass is 9.53. The summed E-state index contributed by atoms with van der Waals surface area (Å²) in [5.74, 6) is 2.97. The standard InChI is InChI=1S/C14H21N3/c15-7-13-8-17(9-16-13)14-4-10-1-11(5-14)3-12(2-10)6-14/h8-12H,1-7,15H2. The molecule has 1 heterocycles. The average molecular weight is 231 g/mol. The number of aromatic nitrogens is 2. The molecule has 0 amide bonds. The summed E-state index contributed by atoms with van der Waals surface area (Å²) in [6.07, 6.45) is 12.9. The second-order valence-corrected chi connectivity index (χ2v) is 6.62. The molecule has 4 bridgehead atoms. The van der Waals surface area contributed by atoms with Gasteiger partial charge in [0, 0.05) is 18.3 Å². The molecule has 17 heavy (non-hydrogen) atoms. The molecule has 0 radical (unpaired) electrons. The maximum atomic E-state index is 5.68. The molecule has 0 aromatic carbocycles. The lowest BCUT2D eigenvalue weighted by molar-refractivity contribution is -0.0431. The van der Waals surface area contributed by atoms with Crippen LogP contribution in [0.3, 0.4) is 0 Å². The van der Waals surface area contributed by atoms with E-state index in [0.717, 1.165) is 23.4 Å². The van der Waals surface area contributed by atoms with Crippen LogP contribution in [0.1, 0.15) is 44.2 Å². The predicted octanol–water partition coefficient (Wildman–Crippen LogP) is 2.27. The van der Waals surface area contributed by atoms with Crippen molar-refractivity contribution in [3.05, 3.63) is 18.2 Å². The summed E-state index contributed by atoms with van der Waals surface area (Å²) in [7, 11) is 0. The molecule has 0 atom stereocenters. The summed E-state index contributed by atoms with van der Waals surface area (Å²) in [5, 5.41) is 0. The quantitative estimate of drug-likeness (QED) is 0.848. The molecular weight excluding hydrogens is 210 g/mol. The van der Waals surface area contributed by atoms with Crippen LogP contribution < -0.4 is 5.73 Å². The van der Waals surface area contributed by atoms with Gasteiger partial charge in [0.1, 0.15) is 0 Å². The first-order chi connectivity index (χ1) is 8.27. The van der Waals surface area contributed by atoms with Crippen LogP contribution >= 0.6 is 0 Å². The van der Waals surface area contributed by atoms with Crippen molar-refractivity contribution in [2.45, 2.75) is 50.6 Å². The molecule has 0 unspecified atom stereocenters. The molecule has 3 heteroatoms. The first kappa shape index (κ1) is 10.1. The van der Waals surface area contributed by atoms with Crippen LogP contribution in [0, 0.1) is 17.8 Å². The lowest BCUT2D eigenvalue weighted by Gasteiger charge is -2.57. The highest BCUT2D eigenvalue weighted by Crippen LogP contribution is 2.58. The van der Waals surface area contributed by atoms with Crippen molar-refractivity contribution in [2.75, 3.05) is 0 Å². The van der Waals surface area contributed by atoms with Crippen molar-refractivity contribution in [1.82, 2.24) is 9.55 Å². The second kappa shape index (κ2) is 3.35. The molecule has 2 N–H and O–H groups in total. The Labute approximate surface area is 102 Å². The molecule has 4 aliphatic rings. The summed E-state index contributed by atoms with van der Waals surface area (Å²) in [5.41, 5.74) is 7.13. The number of hydrogen-bond donors (Lipinski definition) is 1. The number of hydrogen-bond acceptors (Lipinski definition) is 2. The Morgan fingerprint density at radius 3 is 2.24 bits per heavy atom. The van der Waals surface area contributed by atoms with Crippen LogP contribution in [-0.4, -0.2) is 9.55 Å². The van der Waals surface area contributed by atoms with Gasteiger partial charge in [0.15, 0.2) is 0 Å². The van der Waals surface area contributed by atoms with E-state index in [9.17, 15) is 0 Å². The molecule has 0 saturated heterocycles. The normalized spacial score (nSPS) is 43.2. The molecule has 0 aliphatic heterocycles. The Hall–Kier alpha value is -0.830. The van der Waals surface area contributed by atoms with Crippen molar-refractivity contribution in [1.29, 1.82) is 0 Å². The lowest BCUT2D eigenvalue weighted by Crippen LogP contribution is -2.51. The zero-order valence-corrected chi connectivity index (χ0v) is 10.3. The fourth-order valence-corrected chi connectivity index (χ4v) is 5.11. The molecule has 4 saturated carbocycles. The number of nitrogens with zero attached hydrogens (tertiary/aromatic N) is 2. The highest BCUT2D eigenvalue weighted by atomic mass is 15.1. The highest BCUT2D eigenvalue weighted by Gasteiger charge is 2.51. The minimum atomic E-state index is 0.412. The van der Waals surface area contributed by atoms with E-state index in [-0.39, 0.29) is 0 Å². The fraction of sp³-hybridized carbons (Fsp3) is 0.786. The van der Waals surface area contributed by atoms with E-state index < -0.39 is 0 Å². The minimum absolute atomic E-state index is 0.412. The Balaban J connectivity index is 1.72. The van der Waals surface area contributed by atoms with E-state index in [4.69, 9.17) is 5.73 Å². The SMILES string of the molecule is NCc1cn(C23CC4CC(CC(C4)C2)C3)cn1. The van der Waals surface area contributed by atoms with Crippen molar-refractivity contribution in [3.63, 3.8) is 0 Å². The van der Waals surface area contributed by atoms with E-state index in [1.54, 1.807) is 0 Å². The molecule has 5 rings (SSSR count). The molecule has 4 fully saturated rings. The third-order valence-electron chi connectivity index (χ3n) is 5.40. The van der Waals surface area contributed by atoms with Gasteiger partial charge in [-0.1, -0.05) is 0 Å². The highest BCUT2D eigenvalue weighted by molar-refractivity contribution is 5.09. The molecule has 92 valence electrons. The van der Waals surface area contributed by atoms with Crippen molar-refractivity contribution in [3.8, 4) is 0 Å². The Kier molecular flexibility index (Phi) is 1.99. The number of rotatable bonds is 2. The first-order valence-electron chi connectivity index (χ1n) is 7.01. The molecule has 1 aromatic rings. The molecule has 1 aromatic heterocycles. The maximum Gasteiger partial charge on any atom is 0.0955 e. The third kappa shape index (κ3) is 1.41. The zero-order chi connectivity index (χ0) is 11.5. The van der Waals surface area contributed by atoms with Gasteiger partial charge >= 0.3 is 0 Å². The van der Waals surface area contributed by atoms with Crippen molar-refractivity contribution in [2.24, 2.45) is 23.5 Å². The van der Waals surface area contributed by atoms with Gasteiger partial charge in [0.25, 0.3) is 0 Å². The van der Waals surface area contributed by atoms with E-state index in [0.29, 0.717) is 12.1 Å². The van der Waals surface area contributed by atoms with Crippen molar-refractivity contribution >= 4 is 0 Å². The maximum absolute atomic E-state index is 5.68. The van der Waals surface area contributed by atoms with Gasteiger partial charge in [0.05, 0.1) is 12.0 Å². The Morgan fingerprint density at radius 2 is 1.76 bits per heavy atom. The van der Waals surface area contributed by atoms with Crippen LogP contribution in [0.4, 0.5) is 0 Å². The average Bonchev–Trinajstić information content (AvgIpc) is 2.76. The zero-order valence-electron chi connectivity index (χ0n) is 10.3. The van der Waals surface area contributed by atoms with Gasteiger partial charge in [-0.25, -0.2) is 4.98 Å². The van der Waals surface area contributed by atoms with Gasteiger partial charge in [-0.05, 0) is 56.3 Å². The Morgan fingerprint density at radius 1 is 1.18 bits per heavy atom. The second-order valence-electron chi connectivity index (χ2n) is 6.62. The number of imidazole rings is 1.